The molecular weight excluding hydrogens is 294 g/mol. The number of aliphatic carboxylic acids is 1. The average Bonchev–Trinajstić information content (AvgIpc) is 2.87. The van der Waals surface area contributed by atoms with E-state index in [1.54, 1.807) is 18.2 Å². The maximum Gasteiger partial charge on any atom is 0.329 e. The molecule has 21 heavy (non-hydrogen) atoms. The Morgan fingerprint density at radius 1 is 1.38 bits per heavy atom. The molecule has 0 radical (unpaired) electrons. The zero-order valence-corrected chi connectivity index (χ0v) is 12.6. The topological polar surface area (TPSA) is 75.6 Å². The van der Waals surface area contributed by atoms with E-state index >= 15 is 0 Å². The Morgan fingerprint density at radius 2 is 2.05 bits per heavy atom. The molecule has 1 aromatic carbocycles. The fourth-order valence-corrected chi connectivity index (χ4v) is 2.82. The SMILES string of the molecule is Cc1cc(Cl)ccc1OCC(=O)NC1(C(=O)O)CCCC1. The van der Waals surface area contributed by atoms with Crippen molar-refractivity contribution in [2.75, 3.05) is 6.61 Å². The predicted molar refractivity (Wildman–Crippen MR) is 78.7 cm³/mol. The van der Waals surface area contributed by atoms with Crippen LogP contribution in [0.25, 0.3) is 0 Å². The minimum atomic E-state index is -1.13. The minimum Gasteiger partial charge on any atom is -0.484 e. The second kappa shape index (κ2) is 6.35. The van der Waals surface area contributed by atoms with Crippen LogP contribution in [0.4, 0.5) is 0 Å². The van der Waals surface area contributed by atoms with Gasteiger partial charge in [0.2, 0.25) is 0 Å². The van der Waals surface area contributed by atoms with E-state index in [0.29, 0.717) is 23.6 Å². The first kappa shape index (κ1) is 15.6. The van der Waals surface area contributed by atoms with Crippen molar-refractivity contribution in [3.05, 3.63) is 28.8 Å². The third-order valence-corrected chi connectivity index (χ3v) is 3.98. The first-order valence-electron chi connectivity index (χ1n) is 6.86. The van der Waals surface area contributed by atoms with Gasteiger partial charge in [0.05, 0.1) is 0 Å². The number of carbonyl (C=O) groups excluding carboxylic acids is 1. The molecule has 2 rings (SSSR count). The van der Waals surface area contributed by atoms with Crippen molar-refractivity contribution in [1.29, 1.82) is 0 Å². The fraction of sp³-hybridized carbons (Fsp3) is 0.467. The highest BCUT2D eigenvalue weighted by molar-refractivity contribution is 6.30. The summed E-state index contributed by atoms with van der Waals surface area (Å²) < 4.78 is 5.42. The highest BCUT2D eigenvalue weighted by Gasteiger charge is 2.42. The number of benzene rings is 1. The highest BCUT2D eigenvalue weighted by Crippen LogP contribution is 2.30. The van der Waals surface area contributed by atoms with Gasteiger partial charge in [-0.15, -0.1) is 0 Å². The number of ether oxygens (including phenoxy) is 1. The van der Waals surface area contributed by atoms with E-state index in [4.69, 9.17) is 16.3 Å². The van der Waals surface area contributed by atoms with E-state index in [1.165, 1.54) is 0 Å². The van der Waals surface area contributed by atoms with Crippen LogP contribution in [0.3, 0.4) is 0 Å². The van der Waals surface area contributed by atoms with Gasteiger partial charge in [0, 0.05) is 5.02 Å². The lowest BCUT2D eigenvalue weighted by Crippen LogP contribution is -2.53. The number of carbonyl (C=O) groups is 2. The molecule has 6 heteroatoms. The summed E-state index contributed by atoms with van der Waals surface area (Å²) in [5, 5.41) is 12.5. The lowest BCUT2D eigenvalue weighted by molar-refractivity contribution is -0.147. The Labute approximate surface area is 128 Å². The third kappa shape index (κ3) is 3.67. The zero-order valence-electron chi connectivity index (χ0n) is 11.8. The van der Waals surface area contributed by atoms with Crippen molar-refractivity contribution in [3.63, 3.8) is 0 Å². The number of carboxylic acids is 1. The maximum atomic E-state index is 11.9. The van der Waals surface area contributed by atoms with Crippen LogP contribution in [-0.4, -0.2) is 29.1 Å². The molecule has 2 N–H and O–H groups in total. The molecular formula is C15H18ClNO4. The lowest BCUT2D eigenvalue weighted by Gasteiger charge is -2.25. The second-order valence-electron chi connectivity index (χ2n) is 5.34. The van der Waals surface area contributed by atoms with Crippen molar-refractivity contribution in [2.24, 2.45) is 0 Å². The predicted octanol–water partition coefficient (Wildman–Crippen LogP) is 2.54. The molecule has 114 valence electrons. The molecule has 0 unspecified atom stereocenters. The first-order chi connectivity index (χ1) is 9.93. The lowest BCUT2D eigenvalue weighted by atomic mass is 9.98. The summed E-state index contributed by atoms with van der Waals surface area (Å²) in [5.74, 6) is -0.838. The fourth-order valence-electron chi connectivity index (χ4n) is 2.59. The minimum absolute atomic E-state index is 0.211. The average molecular weight is 312 g/mol. The van der Waals surface area contributed by atoms with E-state index < -0.39 is 17.4 Å². The summed E-state index contributed by atoms with van der Waals surface area (Å²) in [7, 11) is 0. The van der Waals surface area contributed by atoms with Gasteiger partial charge in [-0.1, -0.05) is 24.4 Å². The number of carboxylic acid groups (broad SMARTS) is 1. The summed E-state index contributed by atoms with van der Waals surface area (Å²) >= 11 is 5.85. The molecule has 1 amide bonds. The number of amides is 1. The van der Waals surface area contributed by atoms with Crippen LogP contribution in [0, 0.1) is 6.92 Å². The van der Waals surface area contributed by atoms with Crippen LogP contribution in [0.2, 0.25) is 5.02 Å². The van der Waals surface area contributed by atoms with E-state index in [9.17, 15) is 14.7 Å². The van der Waals surface area contributed by atoms with Gasteiger partial charge in [-0.25, -0.2) is 4.79 Å². The Kier molecular flexibility index (Phi) is 4.73. The molecule has 1 aromatic rings. The van der Waals surface area contributed by atoms with Crippen LogP contribution < -0.4 is 10.1 Å². The zero-order chi connectivity index (χ0) is 15.5. The van der Waals surface area contributed by atoms with Gasteiger partial charge < -0.3 is 15.2 Å². The number of rotatable bonds is 5. The van der Waals surface area contributed by atoms with Gasteiger partial charge in [-0.3, -0.25) is 4.79 Å². The molecule has 0 atom stereocenters. The van der Waals surface area contributed by atoms with Gasteiger partial charge in [-0.2, -0.15) is 0 Å². The number of aryl methyl sites for hydroxylation is 1. The smallest absolute Gasteiger partial charge is 0.329 e. The van der Waals surface area contributed by atoms with E-state index in [-0.39, 0.29) is 6.61 Å². The van der Waals surface area contributed by atoms with E-state index in [0.717, 1.165) is 18.4 Å². The summed E-state index contributed by atoms with van der Waals surface area (Å²) in [6.07, 6.45) is 2.55. The van der Waals surface area contributed by atoms with E-state index in [2.05, 4.69) is 5.32 Å². The van der Waals surface area contributed by atoms with Crippen molar-refractivity contribution in [1.82, 2.24) is 5.32 Å². The van der Waals surface area contributed by atoms with Gasteiger partial charge in [0.25, 0.3) is 5.91 Å². The largest absolute Gasteiger partial charge is 0.484 e. The van der Waals surface area contributed by atoms with Crippen LogP contribution in [0.5, 0.6) is 5.75 Å². The Bertz CT molecular complexity index is 553. The standard InChI is InChI=1S/C15H18ClNO4/c1-10-8-11(16)4-5-12(10)21-9-13(18)17-15(14(19)20)6-2-3-7-15/h4-5,8H,2-3,6-7,9H2,1H3,(H,17,18)(H,19,20). The monoisotopic (exact) mass is 311 g/mol. The van der Waals surface area contributed by atoms with Crippen LogP contribution in [-0.2, 0) is 9.59 Å². The molecule has 1 saturated carbocycles. The van der Waals surface area contributed by atoms with Gasteiger partial charge in [0.1, 0.15) is 11.3 Å². The number of hydrogen-bond acceptors (Lipinski definition) is 3. The molecule has 1 fully saturated rings. The van der Waals surface area contributed by atoms with Crippen molar-refractivity contribution in [3.8, 4) is 5.75 Å². The Hall–Kier alpha value is -1.75. The molecule has 5 nitrogen and oxygen atoms in total. The molecule has 1 aliphatic carbocycles. The number of hydrogen-bond donors (Lipinski definition) is 2. The van der Waals surface area contributed by atoms with Crippen LogP contribution in [0.15, 0.2) is 18.2 Å². The molecule has 0 aliphatic heterocycles. The number of halogens is 1. The van der Waals surface area contributed by atoms with Crippen molar-refractivity contribution >= 4 is 23.5 Å². The molecule has 1 aliphatic rings. The van der Waals surface area contributed by atoms with Crippen LogP contribution in [0.1, 0.15) is 31.2 Å². The van der Waals surface area contributed by atoms with E-state index in [1.807, 2.05) is 6.92 Å². The Balaban J connectivity index is 1.94. The summed E-state index contributed by atoms with van der Waals surface area (Å²) in [6.45, 7) is 1.62. The second-order valence-corrected chi connectivity index (χ2v) is 5.78. The van der Waals surface area contributed by atoms with Gasteiger partial charge in [0.15, 0.2) is 6.61 Å². The highest BCUT2D eigenvalue weighted by atomic mass is 35.5. The molecule has 0 aromatic heterocycles. The summed E-state index contributed by atoms with van der Waals surface area (Å²) in [4.78, 5) is 23.3. The number of nitrogens with one attached hydrogen (secondary N) is 1. The summed E-state index contributed by atoms with van der Waals surface area (Å²) in [5.41, 5.74) is -0.306. The molecule has 0 spiro atoms. The third-order valence-electron chi connectivity index (χ3n) is 3.74. The molecule has 0 saturated heterocycles. The molecule has 0 heterocycles. The van der Waals surface area contributed by atoms with Crippen molar-refractivity contribution < 1.29 is 19.4 Å². The molecule has 0 bridgehead atoms. The quantitative estimate of drug-likeness (QED) is 0.876. The Morgan fingerprint density at radius 3 is 2.62 bits per heavy atom. The van der Waals surface area contributed by atoms with Crippen LogP contribution >= 0.6 is 11.6 Å². The first-order valence-corrected chi connectivity index (χ1v) is 7.24. The van der Waals surface area contributed by atoms with Gasteiger partial charge in [-0.05, 0) is 43.5 Å². The summed E-state index contributed by atoms with van der Waals surface area (Å²) in [6, 6.07) is 5.11. The van der Waals surface area contributed by atoms with Gasteiger partial charge >= 0.3 is 5.97 Å². The normalized spacial score (nSPS) is 16.5. The maximum absolute atomic E-state index is 11.9. The van der Waals surface area contributed by atoms with Crippen molar-refractivity contribution in [2.45, 2.75) is 38.1 Å².